The Kier molecular flexibility index (Phi) is 8.12. The maximum Gasteiger partial charge on any atom is 0.0355 e. The van der Waals surface area contributed by atoms with Crippen molar-refractivity contribution in [2.24, 2.45) is 0 Å². The molecule has 0 saturated carbocycles. The normalized spacial score (nSPS) is 13.3. The van der Waals surface area contributed by atoms with Gasteiger partial charge in [0.25, 0.3) is 0 Å². The van der Waals surface area contributed by atoms with Crippen LogP contribution in [0.5, 0.6) is 0 Å². The average molecular weight is 465 g/mol. The van der Waals surface area contributed by atoms with Crippen molar-refractivity contribution in [3.8, 4) is 11.1 Å². The maximum absolute atomic E-state index is 4.06. The molecule has 1 aliphatic carbocycles. The molecule has 0 radical (unpaired) electrons. The van der Waals surface area contributed by atoms with E-state index in [0.717, 1.165) is 5.22 Å². The quantitative estimate of drug-likeness (QED) is 0.261. The minimum Gasteiger partial charge on any atom is -0.135 e. The van der Waals surface area contributed by atoms with Gasteiger partial charge < -0.3 is 0 Å². The third-order valence-electron chi connectivity index (χ3n) is 6.27. The summed E-state index contributed by atoms with van der Waals surface area (Å²) in [4.78, 5) is 0. The molecule has 0 spiro atoms. The minimum absolute atomic E-state index is 0.140. The van der Waals surface area contributed by atoms with Gasteiger partial charge in [0.05, 0.1) is 0 Å². The predicted molar refractivity (Wildman–Crippen MR) is 155 cm³/mol. The van der Waals surface area contributed by atoms with E-state index < -0.39 is 0 Å². The number of hydrogen-bond donors (Lipinski definition) is 0. The van der Waals surface area contributed by atoms with Crippen molar-refractivity contribution in [2.45, 2.75) is 46.0 Å². The fourth-order valence-corrected chi connectivity index (χ4v) is 5.54. The summed E-state index contributed by atoms with van der Waals surface area (Å²) in [5, 5.41) is 2.36. The van der Waals surface area contributed by atoms with Crippen LogP contribution in [0.25, 0.3) is 33.9 Å². The molecule has 0 aliphatic heterocycles. The number of allylic oxidation sites excluding steroid dienone is 2. The Morgan fingerprint density at radius 3 is 2.12 bits per heavy atom. The first kappa shape index (κ1) is 25.5. The molecule has 0 unspecified atom stereocenters. The van der Waals surface area contributed by atoms with Crippen molar-refractivity contribution in [1.82, 2.24) is 0 Å². The van der Waals surface area contributed by atoms with Gasteiger partial charge in [-0.05, 0) is 63.4 Å². The molecule has 1 heterocycles. The van der Waals surface area contributed by atoms with Gasteiger partial charge in [-0.1, -0.05) is 114 Å². The Labute approximate surface area is 209 Å². The summed E-state index contributed by atoms with van der Waals surface area (Å²) in [7, 11) is 0. The van der Waals surface area contributed by atoms with Crippen LogP contribution in [-0.2, 0) is 5.41 Å². The van der Waals surface area contributed by atoms with Crippen LogP contribution < -0.4 is 9.75 Å². The lowest BCUT2D eigenvalue weighted by atomic mass is 9.82. The number of rotatable bonds is 2. The first-order valence-corrected chi connectivity index (χ1v) is 12.7. The van der Waals surface area contributed by atoms with Gasteiger partial charge in [0.1, 0.15) is 0 Å². The van der Waals surface area contributed by atoms with E-state index in [0.29, 0.717) is 5.92 Å². The second kappa shape index (κ2) is 10.8. The smallest absolute Gasteiger partial charge is 0.0355 e. The van der Waals surface area contributed by atoms with Crippen LogP contribution in [0.3, 0.4) is 0 Å². The van der Waals surface area contributed by atoms with Gasteiger partial charge in [0.15, 0.2) is 0 Å². The standard InChI is InChI=1S/C18H20.C12H10S.C3H6/c1-12(2)13-9-10-17-15(11-13)14-7-5-6-8-16(14)18(17,3)4;1-3-6-11-9(2)10-7-4-5-8-12(10)13-11;1-3-2/h5-12H,1-4H3;3-8H,1-2H2;3H,1H2,2H3/b;11-6+;. The molecule has 0 saturated heterocycles. The van der Waals surface area contributed by atoms with Crippen molar-refractivity contribution in [2.75, 3.05) is 0 Å². The molecule has 0 N–H and O–H groups in total. The van der Waals surface area contributed by atoms with Crippen LogP contribution in [0.1, 0.15) is 57.2 Å². The van der Waals surface area contributed by atoms with Gasteiger partial charge in [-0.15, -0.1) is 17.9 Å². The summed E-state index contributed by atoms with van der Waals surface area (Å²) in [5.41, 5.74) is 7.35. The third kappa shape index (κ3) is 5.00. The molecule has 174 valence electrons. The second-order valence-corrected chi connectivity index (χ2v) is 10.5. The largest absolute Gasteiger partial charge is 0.135 e. The Hall–Kier alpha value is -3.16. The fraction of sp³-hybridized carbons (Fsp3) is 0.212. The van der Waals surface area contributed by atoms with E-state index in [1.165, 1.54) is 42.4 Å². The number of thiophene rings is 1. The van der Waals surface area contributed by atoms with Crippen LogP contribution in [0.15, 0.2) is 92.0 Å². The van der Waals surface area contributed by atoms with Crippen molar-refractivity contribution >= 4 is 34.1 Å². The predicted octanol–water partition coefficient (Wildman–Crippen LogP) is 8.59. The highest BCUT2D eigenvalue weighted by Crippen LogP contribution is 2.48. The van der Waals surface area contributed by atoms with Gasteiger partial charge in [0, 0.05) is 14.6 Å². The van der Waals surface area contributed by atoms with E-state index in [1.807, 2.05) is 19.1 Å². The number of benzene rings is 3. The SMILES string of the molecule is C=C/C=c1/sc2ccccc2c1=C.C=CC.CC(C)c1ccc2c(c1)-c1ccccc1C2(C)C. The van der Waals surface area contributed by atoms with Crippen LogP contribution in [0.4, 0.5) is 0 Å². The summed E-state index contributed by atoms with van der Waals surface area (Å²) >= 11 is 1.76. The topological polar surface area (TPSA) is 0 Å². The van der Waals surface area contributed by atoms with Crippen molar-refractivity contribution < 1.29 is 0 Å². The lowest BCUT2D eigenvalue weighted by Gasteiger charge is -2.21. The Morgan fingerprint density at radius 2 is 1.47 bits per heavy atom. The van der Waals surface area contributed by atoms with Gasteiger partial charge in [-0.2, -0.15) is 0 Å². The lowest BCUT2D eigenvalue weighted by molar-refractivity contribution is 0.660. The van der Waals surface area contributed by atoms with Crippen LogP contribution in [-0.4, -0.2) is 0 Å². The molecule has 0 bridgehead atoms. The summed E-state index contributed by atoms with van der Waals surface area (Å²) in [6, 6.07) is 24.1. The number of hydrogen-bond acceptors (Lipinski definition) is 1. The Bertz CT molecular complexity index is 1410. The zero-order chi connectivity index (χ0) is 24.9. The molecule has 1 heteroatoms. The van der Waals surface area contributed by atoms with Crippen LogP contribution >= 0.6 is 11.3 Å². The molecule has 1 aliphatic rings. The molecule has 0 amide bonds. The van der Waals surface area contributed by atoms with Gasteiger partial charge in [0.2, 0.25) is 0 Å². The molecular weight excluding hydrogens is 428 g/mol. The zero-order valence-corrected chi connectivity index (χ0v) is 22.0. The first-order valence-electron chi connectivity index (χ1n) is 11.9. The van der Waals surface area contributed by atoms with E-state index in [1.54, 1.807) is 23.5 Å². The highest BCUT2D eigenvalue weighted by molar-refractivity contribution is 7.17. The average Bonchev–Trinajstić information content (AvgIpc) is 3.26. The van der Waals surface area contributed by atoms with E-state index >= 15 is 0 Å². The second-order valence-electron chi connectivity index (χ2n) is 9.38. The van der Waals surface area contributed by atoms with Crippen LogP contribution in [0.2, 0.25) is 0 Å². The van der Waals surface area contributed by atoms with E-state index in [4.69, 9.17) is 0 Å². The zero-order valence-electron chi connectivity index (χ0n) is 21.2. The molecular formula is C33H36S. The first-order chi connectivity index (χ1) is 16.3. The minimum atomic E-state index is 0.140. The molecule has 4 aromatic rings. The monoisotopic (exact) mass is 464 g/mol. The van der Waals surface area contributed by atoms with Crippen molar-refractivity contribution in [1.29, 1.82) is 0 Å². The van der Waals surface area contributed by atoms with E-state index in [-0.39, 0.29) is 5.41 Å². The summed E-state index contributed by atoms with van der Waals surface area (Å²) < 4.78 is 2.50. The molecule has 34 heavy (non-hydrogen) atoms. The Balaban J connectivity index is 0.000000178. The molecule has 0 nitrogen and oxygen atoms in total. The summed E-state index contributed by atoms with van der Waals surface area (Å²) in [6.07, 6.45) is 5.56. The summed E-state index contributed by atoms with van der Waals surface area (Å²) in [5.74, 6) is 0.589. The van der Waals surface area contributed by atoms with E-state index in [2.05, 4.69) is 108 Å². The molecule has 3 aromatic carbocycles. The maximum atomic E-state index is 4.06. The molecule has 0 atom stereocenters. The number of fused-ring (bicyclic) bond motifs is 4. The van der Waals surface area contributed by atoms with Crippen molar-refractivity contribution in [3.63, 3.8) is 0 Å². The highest BCUT2D eigenvalue weighted by atomic mass is 32.1. The van der Waals surface area contributed by atoms with Gasteiger partial charge in [-0.25, -0.2) is 0 Å². The van der Waals surface area contributed by atoms with Gasteiger partial charge in [-0.3, -0.25) is 0 Å². The Morgan fingerprint density at radius 1 is 0.853 bits per heavy atom. The highest BCUT2D eigenvalue weighted by Gasteiger charge is 2.34. The van der Waals surface area contributed by atoms with Crippen LogP contribution in [0, 0.1) is 0 Å². The summed E-state index contributed by atoms with van der Waals surface area (Å²) in [6.45, 7) is 22.2. The molecule has 5 rings (SSSR count). The fourth-order valence-electron chi connectivity index (χ4n) is 4.46. The van der Waals surface area contributed by atoms with Gasteiger partial charge >= 0.3 is 0 Å². The molecule has 0 fully saturated rings. The lowest BCUT2D eigenvalue weighted by Crippen LogP contribution is -2.15. The third-order valence-corrected chi connectivity index (χ3v) is 7.45. The molecule has 1 aromatic heterocycles. The van der Waals surface area contributed by atoms with Crippen molar-refractivity contribution in [3.05, 3.63) is 118 Å². The van der Waals surface area contributed by atoms with E-state index in [9.17, 15) is 0 Å².